The summed E-state index contributed by atoms with van der Waals surface area (Å²) in [6.45, 7) is 3.04. The van der Waals surface area contributed by atoms with Gasteiger partial charge >= 0.3 is 0 Å². The van der Waals surface area contributed by atoms with Gasteiger partial charge in [-0.1, -0.05) is 30.3 Å². The predicted molar refractivity (Wildman–Crippen MR) is 86.9 cm³/mol. The molecule has 1 saturated heterocycles. The summed E-state index contributed by atoms with van der Waals surface area (Å²) in [6.07, 6.45) is 1.08. The minimum Gasteiger partial charge on any atom is -0.386 e. The van der Waals surface area contributed by atoms with E-state index in [0.717, 1.165) is 26.1 Å². The third kappa shape index (κ3) is 3.31. The zero-order chi connectivity index (χ0) is 14.5. The van der Waals surface area contributed by atoms with E-state index in [4.69, 9.17) is 16.2 Å². The number of nitrogens with one attached hydrogen (secondary N) is 1. The molecule has 3 nitrogen and oxygen atoms in total. The maximum atomic E-state index is 5.40. The van der Waals surface area contributed by atoms with Gasteiger partial charge in [-0.2, -0.15) is 0 Å². The third-order valence-electron chi connectivity index (χ3n) is 3.94. The van der Waals surface area contributed by atoms with Crippen LogP contribution in [0.2, 0.25) is 0 Å². The molecule has 0 spiro atoms. The average molecular weight is 303 g/mol. The number of rotatable bonds is 3. The van der Waals surface area contributed by atoms with Crippen molar-refractivity contribution >= 4 is 17.6 Å². The van der Waals surface area contributed by atoms with Crippen LogP contribution in [0.3, 0.4) is 0 Å². The summed E-state index contributed by atoms with van der Waals surface area (Å²) in [4.78, 5) is 2.47. The van der Waals surface area contributed by atoms with E-state index in [2.05, 4.69) is 52.7 Å². The highest BCUT2D eigenvalue weighted by molar-refractivity contribution is 6.09. The molecule has 0 bridgehead atoms. The molecule has 3 rings (SSSR count). The number of para-hydroxylation sites is 1. The fourth-order valence-corrected chi connectivity index (χ4v) is 2.99. The van der Waals surface area contributed by atoms with E-state index >= 15 is 0 Å². The minimum absolute atomic E-state index is 0.367. The summed E-state index contributed by atoms with van der Waals surface area (Å²) in [7, 11) is 0. The normalized spacial score (nSPS) is 19.1. The van der Waals surface area contributed by atoms with Gasteiger partial charge in [-0.15, -0.1) is 0 Å². The molecular formula is C17H19ClN2O. The van der Waals surface area contributed by atoms with E-state index in [9.17, 15) is 0 Å². The molecule has 0 amide bonds. The highest BCUT2D eigenvalue weighted by Gasteiger charge is 2.22. The first-order chi connectivity index (χ1) is 10.4. The SMILES string of the molecule is ClOc1ccc(C2CCNCCN2c2ccccc2)cc1. The Kier molecular flexibility index (Phi) is 4.63. The second kappa shape index (κ2) is 6.83. The topological polar surface area (TPSA) is 24.5 Å². The number of hydrogen-bond donors (Lipinski definition) is 1. The monoisotopic (exact) mass is 302 g/mol. The molecule has 1 atom stereocenters. The first kappa shape index (κ1) is 14.2. The molecule has 0 radical (unpaired) electrons. The van der Waals surface area contributed by atoms with Crippen LogP contribution in [0.15, 0.2) is 54.6 Å². The number of anilines is 1. The van der Waals surface area contributed by atoms with Crippen LogP contribution in [0, 0.1) is 0 Å². The van der Waals surface area contributed by atoms with Gasteiger partial charge in [0, 0.05) is 18.8 Å². The minimum atomic E-state index is 0.367. The molecule has 110 valence electrons. The van der Waals surface area contributed by atoms with Crippen molar-refractivity contribution in [3.63, 3.8) is 0 Å². The van der Waals surface area contributed by atoms with Crippen molar-refractivity contribution in [2.75, 3.05) is 24.5 Å². The van der Waals surface area contributed by atoms with E-state index in [1.807, 2.05) is 12.1 Å². The van der Waals surface area contributed by atoms with Crippen molar-refractivity contribution in [3.05, 3.63) is 60.2 Å². The smallest absolute Gasteiger partial charge is 0.146 e. The Morgan fingerprint density at radius 2 is 1.76 bits per heavy atom. The van der Waals surface area contributed by atoms with Gasteiger partial charge in [-0.05, 0) is 42.8 Å². The highest BCUT2D eigenvalue weighted by Crippen LogP contribution is 2.31. The lowest BCUT2D eigenvalue weighted by molar-refractivity contribution is 0.605. The van der Waals surface area contributed by atoms with E-state index in [-0.39, 0.29) is 0 Å². The standard InChI is InChI=1S/C17H19ClN2O/c18-21-16-8-6-14(7-9-16)17-10-11-19-12-13-20(17)15-4-2-1-3-5-15/h1-9,17,19H,10-13H2. The number of benzene rings is 2. The first-order valence-electron chi connectivity index (χ1n) is 7.29. The van der Waals surface area contributed by atoms with Crippen LogP contribution in [0.4, 0.5) is 5.69 Å². The van der Waals surface area contributed by atoms with Crippen molar-refractivity contribution in [2.45, 2.75) is 12.5 Å². The zero-order valence-corrected chi connectivity index (χ0v) is 12.6. The molecule has 1 N–H and O–H groups in total. The van der Waals surface area contributed by atoms with Gasteiger partial charge in [0.1, 0.15) is 17.6 Å². The lowest BCUT2D eigenvalue weighted by atomic mass is 10.0. The van der Waals surface area contributed by atoms with Crippen LogP contribution < -0.4 is 14.5 Å². The van der Waals surface area contributed by atoms with E-state index in [0.29, 0.717) is 11.8 Å². The van der Waals surface area contributed by atoms with Crippen LogP contribution in [0.5, 0.6) is 5.75 Å². The molecular weight excluding hydrogens is 284 g/mol. The van der Waals surface area contributed by atoms with Crippen LogP contribution in [0.25, 0.3) is 0 Å². The second-order valence-electron chi connectivity index (χ2n) is 5.23. The van der Waals surface area contributed by atoms with Crippen LogP contribution in [0.1, 0.15) is 18.0 Å². The summed E-state index contributed by atoms with van der Waals surface area (Å²) in [5.41, 5.74) is 2.56. The van der Waals surface area contributed by atoms with E-state index < -0.39 is 0 Å². The van der Waals surface area contributed by atoms with E-state index in [1.165, 1.54) is 11.3 Å². The van der Waals surface area contributed by atoms with Gasteiger partial charge in [0.2, 0.25) is 0 Å². The van der Waals surface area contributed by atoms with E-state index in [1.54, 1.807) is 0 Å². The van der Waals surface area contributed by atoms with Gasteiger partial charge in [0.15, 0.2) is 0 Å². The summed E-state index contributed by atoms with van der Waals surface area (Å²) >= 11 is 5.40. The second-order valence-corrected chi connectivity index (χ2v) is 5.38. The molecule has 0 aromatic heterocycles. The zero-order valence-electron chi connectivity index (χ0n) is 11.8. The van der Waals surface area contributed by atoms with Crippen LogP contribution in [-0.4, -0.2) is 19.6 Å². The molecule has 4 heteroatoms. The molecule has 21 heavy (non-hydrogen) atoms. The van der Waals surface area contributed by atoms with Gasteiger partial charge in [0.05, 0.1) is 6.04 Å². The molecule has 0 aliphatic carbocycles. The largest absolute Gasteiger partial charge is 0.386 e. The lowest BCUT2D eigenvalue weighted by Gasteiger charge is -2.32. The number of nitrogens with zero attached hydrogens (tertiary/aromatic N) is 1. The van der Waals surface area contributed by atoms with Crippen molar-refractivity contribution in [1.29, 1.82) is 0 Å². The highest BCUT2D eigenvalue weighted by atomic mass is 35.5. The van der Waals surface area contributed by atoms with Gasteiger partial charge in [-0.25, -0.2) is 0 Å². The summed E-state index contributed by atoms with van der Waals surface area (Å²) in [5, 5.41) is 3.48. The molecule has 2 aromatic carbocycles. The Morgan fingerprint density at radius 1 is 1.00 bits per heavy atom. The van der Waals surface area contributed by atoms with Crippen molar-refractivity contribution in [1.82, 2.24) is 5.32 Å². The Hall–Kier alpha value is -1.71. The molecule has 2 aromatic rings. The van der Waals surface area contributed by atoms with Gasteiger partial charge in [0.25, 0.3) is 0 Å². The molecule has 1 fully saturated rings. The van der Waals surface area contributed by atoms with Gasteiger partial charge in [-0.3, -0.25) is 0 Å². The van der Waals surface area contributed by atoms with Crippen molar-refractivity contribution < 1.29 is 4.29 Å². The Morgan fingerprint density at radius 3 is 2.48 bits per heavy atom. The van der Waals surface area contributed by atoms with Crippen molar-refractivity contribution in [2.24, 2.45) is 0 Å². The van der Waals surface area contributed by atoms with Crippen LogP contribution in [-0.2, 0) is 0 Å². The maximum absolute atomic E-state index is 5.40. The average Bonchev–Trinajstić information content (AvgIpc) is 2.81. The summed E-state index contributed by atoms with van der Waals surface area (Å²) in [6, 6.07) is 19.0. The fourth-order valence-electron chi connectivity index (χ4n) is 2.89. The maximum Gasteiger partial charge on any atom is 0.146 e. The predicted octanol–water partition coefficient (Wildman–Crippen LogP) is 3.76. The molecule has 1 aliphatic rings. The molecule has 1 unspecified atom stereocenters. The molecule has 0 saturated carbocycles. The third-order valence-corrected chi connectivity index (χ3v) is 4.12. The Bertz CT molecular complexity index is 559. The summed E-state index contributed by atoms with van der Waals surface area (Å²) in [5.74, 6) is 0.679. The number of halogens is 1. The van der Waals surface area contributed by atoms with Gasteiger partial charge < -0.3 is 14.5 Å². The molecule has 1 aliphatic heterocycles. The molecule has 1 heterocycles. The Labute approximate surface area is 130 Å². The summed E-state index contributed by atoms with van der Waals surface area (Å²) < 4.78 is 4.74. The fraction of sp³-hybridized carbons (Fsp3) is 0.294. The lowest BCUT2D eigenvalue weighted by Crippen LogP contribution is -2.30. The Balaban J connectivity index is 1.91. The van der Waals surface area contributed by atoms with Crippen molar-refractivity contribution in [3.8, 4) is 5.75 Å². The quantitative estimate of drug-likeness (QED) is 0.934. The van der Waals surface area contributed by atoms with Crippen LogP contribution >= 0.6 is 11.9 Å². The number of hydrogen-bond acceptors (Lipinski definition) is 3. The first-order valence-corrected chi connectivity index (χ1v) is 7.60.